The summed E-state index contributed by atoms with van der Waals surface area (Å²) < 4.78 is 1.04. The summed E-state index contributed by atoms with van der Waals surface area (Å²) in [7, 11) is 0. The highest BCUT2D eigenvalue weighted by Gasteiger charge is 2.16. The third kappa shape index (κ3) is 3.73. The average molecular weight is 360 g/mol. The molecule has 0 bridgehead atoms. The molecule has 100 valence electrons. The first-order chi connectivity index (χ1) is 9.11. The maximum Gasteiger partial charge on any atom is 0.0503 e. The van der Waals surface area contributed by atoms with E-state index in [4.69, 9.17) is 23.2 Å². The standard InChI is InChI=1S/C15H13BrCl2O/c16-14-4-2-1-3-10(14)7-11(9-19)13-6-5-12(17)8-15(13)18/h1-6,8,11,19H,7,9H2. The van der Waals surface area contributed by atoms with Crippen LogP contribution in [0, 0.1) is 0 Å². The summed E-state index contributed by atoms with van der Waals surface area (Å²) in [5.41, 5.74) is 2.07. The minimum absolute atomic E-state index is 0.0385. The summed E-state index contributed by atoms with van der Waals surface area (Å²) in [5, 5.41) is 10.8. The molecule has 2 aromatic rings. The maximum absolute atomic E-state index is 9.62. The van der Waals surface area contributed by atoms with E-state index in [9.17, 15) is 5.11 Å². The molecule has 1 atom stereocenters. The molecule has 1 N–H and O–H groups in total. The molecule has 1 nitrogen and oxygen atoms in total. The van der Waals surface area contributed by atoms with Gasteiger partial charge in [0.25, 0.3) is 0 Å². The highest BCUT2D eigenvalue weighted by atomic mass is 79.9. The van der Waals surface area contributed by atoms with E-state index in [1.807, 2.05) is 30.3 Å². The van der Waals surface area contributed by atoms with Crippen LogP contribution in [0.25, 0.3) is 0 Å². The quantitative estimate of drug-likeness (QED) is 0.807. The van der Waals surface area contributed by atoms with E-state index in [0.29, 0.717) is 10.0 Å². The van der Waals surface area contributed by atoms with Crippen LogP contribution in [0.2, 0.25) is 10.0 Å². The smallest absolute Gasteiger partial charge is 0.0503 e. The van der Waals surface area contributed by atoms with Crippen LogP contribution >= 0.6 is 39.1 Å². The SMILES string of the molecule is OCC(Cc1ccccc1Br)c1ccc(Cl)cc1Cl. The molecule has 0 radical (unpaired) electrons. The Morgan fingerprint density at radius 3 is 2.47 bits per heavy atom. The van der Waals surface area contributed by atoms with Crippen molar-refractivity contribution in [2.45, 2.75) is 12.3 Å². The molecule has 19 heavy (non-hydrogen) atoms. The lowest BCUT2D eigenvalue weighted by atomic mass is 9.92. The molecule has 0 saturated carbocycles. The van der Waals surface area contributed by atoms with E-state index in [2.05, 4.69) is 15.9 Å². The van der Waals surface area contributed by atoms with Crippen LogP contribution in [0.3, 0.4) is 0 Å². The zero-order valence-corrected chi connectivity index (χ0v) is 13.2. The molecule has 0 fully saturated rings. The minimum atomic E-state index is -0.0385. The minimum Gasteiger partial charge on any atom is -0.396 e. The number of rotatable bonds is 4. The zero-order chi connectivity index (χ0) is 13.8. The van der Waals surface area contributed by atoms with Crippen molar-refractivity contribution >= 4 is 39.1 Å². The predicted octanol–water partition coefficient (Wildman–Crippen LogP) is 5.07. The third-order valence-corrected chi connectivity index (χ3v) is 4.38. The van der Waals surface area contributed by atoms with E-state index < -0.39 is 0 Å². The summed E-state index contributed by atoms with van der Waals surface area (Å²) in [4.78, 5) is 0. The van der Waals surface area contributed by atoms with E-state index >= 15 is 0 Å². The monoisotopic (exact) mass is 358 g/mol. The van der Waals surface area contributed by atoms with Crippen LogP contribution in [-0.4, -0.2) is 11.7 Å². The topological polar surface area (TPSA) is 20.2 Å². The fourth-order valence-corrected chi connectivity index (χ4v) is 3.04. The van der Waals surface area contributed by atoms with Gasteiger partial charge in [-0.25, -0.2) is 0 Å². The Bertz CT molecular complexity index is 572. The van der Waals surface area contributed by atoms with Crippen LogP contribution in [-0.2, 0) is 6.42 Å². The molecule has 0 aliphatic rings. The van der Waals surface area contributed by atoms with E-state index in [1.165, 1.54) is 0 Å². The highest BCUT2D eigenvalue weighted by molar-refractivity contribution is 9.10. The fraction of sp³-hybridized carbons (Fsp3) is 0.200. The molecule has 0 aliphatic heterocycles. The Balaban J connectivity index is 2.28. The molecule has 2 rings (SSSR count). The molecule has 0 heterocycles. The van der Waals surface area contributed by atoms with E-state index in [-0.39, 0.29) is 12.5 Å². The molecule has 0 aromatic heterocycles. The fourth-order valence-electron chi connectivity index (χ4n) is 2.03. The number of hydrogen-bond donors (Lipinski definition) is 1. The highest BCUT2D eigenvalue weighted by Crippen LogP contribution is 2.31. The Morgan fingerprint density at radius 2 is 1.84 bits per heavy atom. The first-order valence-electron chi connectivity index (χ1n) is 5.91. The van der Waals surface area contributed by atoms with E-state index in [1.54, 1.807) is 12.1 Å². The van der Waals surface area contributed by atoms with Crippen LogP contribution < -0.4 is 0 Å². The van der Waals surface area contributed by atoms with Crippen molar-refractivity contribution in [1.29, 1.82) is 0 Å². The maximum atomic E-state index is 9.62. The number of aliphatic hydroxyl groups is 1. The van der Waals surface area contributed by atoms with Gasteiger partial charge in [0.05, 0.1) is 6.61 Å². The summed E-state index contributed by atoms with van der Waals surface area (Å²) in [5.74, 6) is -0.0385. The van der Waals surface area contributed by atoms with Crippen LogP contribution in [0.1, 0.15) is 17.0 Å². The van der Waals surface area contributed by atoms with Gasteiger partial charge in [-0.05, 0) is 35.7 Å². The van der Waals surface area contributed by atoms with Gasteiger partial charge < -0.3 is 5.11 Å². The Morgan fingerprint density at radius 1 is 1.11 bits per heavy atom. The van der Waals surface area contributed by atoms with Gasteiger partial charge in [-0.15, -0.1) is 0 Å². The van der Waals surface area contributed by atoms with Gasteiger partial charge in [-0.2, -0.15) is 0 Å². The summed E-state index contributed by atoms with van der Waals surface area (Å²) >= 11 is 15.6. The molecule has 0 aliphatic carbocycles. The Kier molecular flexibility index (Phi) is 5.28. The van der Waals surface area contributed by atoms with Crippen molar-refractivity contribution in [3.05, 3.63) is 68.1 Å². The van der Waals surface area contributed by atoms with Gasteiger partial charge >= 0.3 is 0 Å². The summed E-state index contributed by atoms with van der Waals surface area (Å²) in [6.07, 6.45) is 0.722. The number of halogens is 3. The molecular weight excluding hydrogens is 347 g/mol. The van der Waals surface area contributed by atoms with Gasteiger partial charge in [0, 0.05) is 20.4 Å². The van der Waals surface area contributed by atoms with Gasteiger partial charge in [0.2, 0.25) is 0 Å². The van der Waals surface area contributed by atoms with E-state index in [0.717, 1.165) is 22.0 Å². The predicted molar refractivity (Wildman–Crippen MR) is 84.1 cm³/mol. The van der Waals surface area contributed by atoms with Gasteiger partial charge in [0.1, 0.15) is 0 Å². The molecular formula is C15H13BrCl2O. The second-order valence-electron chi connectivity index (χ2n) is 4.34. The van der Waals surface area contributed by atoms with Crippen molar-refractivity contribution < 1.29 is 5.11 Å². The van der Waals surface area contributed by atoms with Crippen molar-refractivity contribution in [2.75, 3.05) is 6.61 Å². The molecule has 0 amide bonds. The number of benzene rings is 2. The molecule has 1 unspecified atom stereocenters. The number of aliphatic hydroxyl groups excluding tert-OH is 1. The molecule has 0 saturated heterocycles. The first kappa shape index (κ1) is 14.9. The van der Waals surface area contributed by atoms with Gasteiger partial charge in [0.15, 0.2) is 0 Å². The molecule has 0 spiro atoms. The molecule has 2 aromatic carbocycles. The Labute approximate surface area is 131 Å². The van der Waals surface area contributed by atoms with Crippen molar-refractivity contribution in [3.8, 4) is 0 Å². The second-order valence-corrected chi connectivity index (χ2v) is 6.04. The summed E-state index contributed by atoms with van der Waals surface area (Å²) in [6, 6.07) is 13.4. The zero-order valence-electron chi connectivity index (χ0n) is 10.1. The Hall–Kier alpha value is -0.540. The normalized spacial score (nSPS) is 12.4. The molecule has 4 heteroatoms. The first-order valence-corrected chi connectivity index (χ1v) is 7.46. The van der Waals surface area contributed by atoms with Crippen LogP contribution in [0.5, 0.6) is 0 Å². The van der Waals surface area contributed by atoms with Gasteiger partial charge in [-0.1, -0.05) is 63.4 Å². The van der Waals surface area contributed by atoms with Crippen molar-refractivity contribution in [2.24, 2.45) is 0 Å². The third-order valence-electron chi connectivity index (χ3n) is 3.05. The van der Waals surface area contributed by atoms with Crippen molar-refractivity contribution in [1.82, 2.24) is 0 Å². The van der Waals surface area contributed by atoms with Gasteiger partial charge in [-0.3, -0.25) is 0 Å². The average Bonchev–Trinajstić information content (AvgIpc) is 2.39. The van der Waals surface area contributed by atoms with Crippen molar-refractivity contribution in [3.63, 3.8) is 0 Å². The second kappa shape index (κ2) is 6.76. The largest absolute Gasteiger partial charge is 0.396 e. The lowest BCUT2D eigenvalue weighted by Gasteiger charge is -2.17. The number of hydrogen-bond acceptors (Lipinski definition) is 1. The lowest BCUT2D eigenvalue weighted by molar-refractivity contribution is 0.264. The van der Waals surface area contributed by atoms with Crippen LogP contribution in [0.15, 0.2) is 46.9 Å². The van der Waals surface area contributed by atoms with Crippen LogP contribution in [0.4, 0.5) is 0 Å². The lowest BCUT2D eigenvalue weighted by Crippen LogP contribution is -2.08. The summed E-state index contributed by atoms with van der Waals surface area (Å²) in [6.45, 7) is 0.0443.